The molecular weight excluding hydrogens is 432 g/mol. The van der Waals surface area contributed by atoms with Crippen LogP contribution in [0.3, 0.4) is 0 Å². The van der Waals surface area contributed by atoms with Crippen molar-refractivity contribution in [2.45, 2.75) is 79.4 Å². The highest BCUT2D eigenvalue weighted by Gasteiger charge is 2.43. The van der Waals surface area contributed by atoms with Gasteiger partial charge in [-0.25, -0.2) is 4.98 Å². The fourth-order valence-electron chi connectivity index (χ4n) is 4.69. The van der Waals surface area contributed by atoms with Crippen molar-refractivity contribution in [3.05, 3.63) is 41.0 Å². The smallest absolute Gasteiger partial charge is 0.226 e. The van der Waals surface area contributed by atoms with E-state index in [0.717, 1.165) is 23.2 Å². The van der Waals surface area contributed by atoms with E-state index in [1.54, 1.807) is 16.2 Å². The molecule has 1 fully saturated rings. The number of hydrogen-bond donors (Lipinski definition) is 1. The van der Waals surface area contributed by atoms with E-state index in [-0.39, 0.29) is 29.6 Å². The normalized spacial score (nSPS) is 19.8. The van der Waals surface area contributed by atoms with E-state index in [1.165, 1.54) is 4.88 Å². The van der Waals surface area contributed by atoms with Crippen LogP contribution in [0.15, 0.2) is 29.8 Å². The van der Waals surface area contributed by atoms with Crippen LogP contribution in [0.1, 0.15) is 65.1 Å². The van der Waals surface area contributed by atoms with Crippen LogP contribution in [0.25, 0.3) is 10.4 Å². The summed E-state index contributed by atoms with van der Waals surface area (Å²) < 4.78 is 0. The molecule has 0 bridgehead atoms. The van der Waals surface area contributed by atoms with Crippen molar-refractivity contribution in [3.63, 3.8) is 0 Å². The number of rotatable bonds is 8. The minimum atomic E-state index is -0.635. The number of thiazole rings is 1. The zero-order valence-corrected chi connectivity index (χ0v) is 21.6. The van der Waals surface area contributed by atoms with Crippen molar-refractivity contribution in [2.24, 2.45) is 17.3 Å². The lowest BCUT2D eigenvalue weighted by Gasteiger charge is -2.36. The molecule has 2 heterocycles. The highest BCUT2D eigenvalue weighted by Crippen LogP contribution is 2.35. The Morgan fingerprint density at radius 3 is 2.42 bits per heavy atom. The Hall–Kier alpha value is -2.05. The maximum Gasteiger partial charge on any atom is 0.226 e. The third kappa shape index (κ3) is 6.30. The van der Waals surface area contributed by atoms with Crippen molar-refractivity contribution in [1.82, 2.24) is 9.88 Å². The van der Waals surface area contributed by atoms with Gasteiger partial charge in [0.2, 0.25) is 5.91 Å². The summed E-state index contributed by atoms with van der Waals surface area (Å²) >= 11 is 1.63. The second kappa shape index (κ2) is 10.5. The van der Waals surface area contributed by atoms with Gasteiger partial charge in [-0.05, 0) is 42.2 Å². The molecule has 6 heteroatoms. The summed E-state index contributed by atoms with van der Waals surface area (Å²) in [6.07, 6.45) is 1.48. The first-order valence-electron chi connectivity index (χ1n) is 12.0. The topological polar surface area (TPSA) is 70.5 Å². The zero-order valence-electron chi connectivity index (χ0n) is 20.8. The number of ketones is 1. The van der Waals surface area contributed by atoms with E-state index in [2.05, 4.69) is 63.9 Å². The van der Waals surface area contributed by atoms with Crippen molar-refractivity contribution in [3.8, 4) is 10.4 Å². The monoisotopic (exact) mass is 470 g/mol. The van der Waals surface area contributed by atoms with Crippen LogP contribution >= 0.6 is 11.3 Å². The Balaban J connectivity index is 1.66. The van der Waals surface area contributed by atoms with Crippen LogP contribution in [-0.4, -0.2) is 45.4 Å². The summed E-state index contributed by atoms with van der Waals surface area (Å²) in [5, 5.41) is 10.3. The van der Waals surface area contributed by atoms with Crippen molar-refractivity contribution >= 4 is 23.0 Å². The second-order valence-electron chi connectivity index (χ2n) is 10.9. The second-order valence-corrected chi connectivity index (χ2v) is 11.7. The molecule has 1 N–H and O–H groups in total. The third-order valence-corrected chi connectivity index (χ3v) is 7.58. The van der Waals surface area contributed by atoms with Crippen LogP contribution in [0.4, 0.5) is 0 Å². The van der Waals surface area contributed by atoms with Gasteiger partial charge in [0.1, 0.15) is 0 Å². The standard InChI is InChI=1S/C27H38N2O3S/c1-17(2)13-22(27(4,5)6)26(32)29-15-21(30)14-23(29)24(31)12-9-19-7-10-20(11-8-19)25-18(3)28-16-33-25/h7-8,10-11,16-17,21-23,30H,9,12-15H2,1-6H3/t21-,22-,23+/m1/s1. The molecule has 5 nitrogen and oxygen atoms in total. The van der Waals surface area contributed by atoms with Gasteiger partial charge in [0.15, 0.2) is 5.78 Å². The van der Waals surface area contributed by atoms with E-state index in [0.29, 0.717) is 25.2 Å². The number of hydrogen-bond acceptors (Lipinski definition) is 5. The van der Waals surface area contributed by atoms with Crippen molar-refractivity contribution in [1.29, 1.82) is 0 Å². The molecule has 0 aliphatic carbocycles. The number of aliphatic hydroxyl groups excluding tert-OH is 1. The first-order valence-corrected chi connectivity index (χ1v) is 12.9. The number of likely N-dealkylation sites (tertiary alicyclic amines) is 1. The average Bonchev–Trinajstić information content (AvgIpc) is 3.35. The number of benzene rings is 1. The minimum Gasteiger partial charge on any atom is -0.391 e. The van der Waals surface area contributed by atoms with Gasteiger partial charge in [0, 0.05) is 25.3 Å². The molecule has 1 aromatic carbocycles. The number of aliphatic hydroxyl groups is 1. The molecule has 0 saturated carbocycles. The van der Waals surface area contributed by atoms with Crippen molar-refractivity contribution in [2.75, 3.05) is 6.54 Å². The number of aromatic nitrogens is 1. The predicted molar refractivity (Wildman–Crippen MR) is 134 cm³/mol. The number of aryl methyl sites for hydroxylation is 2. The molecule has 1 aliphatic rings. The summed E-state index contributed by atoms with van der Waals surface area (Å²) in [6.45, 7) is 12.7. The molecule has 2 aromatic rings. The van der Waals surface area contributed by atoms with Crippen LogP contribution in [0.2, 0.25) is 0 Å². The Bertz CT molecular complexity index is 958. The van der Waals surface area contributed by atoms with Gasteiger partial charge in [-0.3, -0.25) is 9.59 Å². The molecule has 0 radical (unpaired) electrons. The van der Waals surface area contributed by atoms with E-state index in [9.17, 15) is 14.7 Å². The Labute approximate surface area is 202 Å². The van der Waals surface area contributed by atoms with Crippen LogP contribution in [-0.2, 0) is 16.0 Å². The number of β-amino-alcohol motifs (C(OH)–C–C–N with tert-alkyl or cyclic N) is 1. The summed E-state index contributed by atoms with van der Waals surface area (Å²) in [7, 11) is 0. The summed E-state index contributed by atoms with van der Waals surface area (Å²) in [5.74, 6) is 0.271. The van der Waals surface area contributed by atoms with Gasteiger partial charge >= 0.3 is 0 Å². The van der Waals surface area contributed by atoms with Gasteiger partial charge < -0.3 is 10.0 Å². The minimum absolute atomic E-state index is 0.00961. The van der Waals surface area contributed by atoms with E-state index >= 15 is 0 Å². The molecule has 0 unspecified atom stereocenters. The highest BCUT2D eigenvalue weighted by molar-refractivity contribution is 7.13. The molecule has 1 amide bonds. The average molecular weight is 471 g/mol. The number of Topliss-reactive ketones (excluding diaryl/α,β-unsaturated/α-hetero) is 1. The Kier molecular flexibility index (Phi) is 8.12. The fraction of sp³-hybridized carbons (Fsp3) is 0.593. The number of carbonyl (C=O) groups is 2. The van der Waals surface area contributed by atoms with E-state index in [1.807, 2.05) is 12.4 Å². The number of carbonyl (C=O) groups excluding carboxylic acids is 2. The first kappa shape index (κ1) is 25.6. The SMILES string of the molecule is Cc1ncsc1-c1ccc(CCC(=O)[C@@H]2C[C@@H](O)CN2C(=O)[C@@H](CC(C)C)C(C)(C)C)cc1. The van der Waals surface area contributed by atoms with Crippen LogP contribution in [0.5, 0.6) is 0 Å². The number of nitrogens with zero attached hydrogens (tertiary/aromatic N) is 2. The Morgan fingerprint density at radius 1 is 1.21 bits per heavy atom. The Morgan fingerprint density at radius 2 is 1.88 bits per heavy atom. The van der Waals surface area contributed by atoms with Crippen LogP contribution in [0, 0.1) is 24.2 Å². The third-order valence-electron chi connectivity index (χ3n) is 6.61. The molecule has 180 valence electrons. The summed E-state index contributed by atoms with van der Waals surface area (Å²) in [5.41, 5.74) is 4.92. The van der Waals surface area contributed by atoms with E-state index < -0.39 is 12.1 Å². The molecule has 1 saturated heterocycles. The largest absolute Gasteiger partial charge is 0.391 e. The highest BCUT2D eigenvalue weighted by atomic mass is 32.1. The maximum atomic E-state index is 13.5. The molecule has 1 aromatic heterocycles. The van der Waals surface area contributed by atoms with Gasteiger partial charge in [-0.15, -0.1) is 11.3 Å². The number of amides is 1. The lowest BCUT2D eigenvalue weighted by molar-refractivity contribution is -0.144. The summed E-state index contributed by atoms with van der Waals surface area (Å²) in [4.78, 5) is 33.8. The maximum absolute atomic E-state index is 13.5. The van der Waals surface area contributed by atoms with E-state index in [4.69, 9.17) is 0 Å². The quantitative estimate of drug-likeness (QED) is 0.569. The molecule has 33 heavy (non-hydrogen) atoms. The van der Waals surface area contributed by atoms with Crippen molar-refractivity contribution < 1.29 is 14.7 Å². The molecule has 3 atom stereocenters. The van der Waals surface area contributed by atoms with Crippen LogP contribution < -0.4 is 0 Å². The lowest BCUT2D eigenvalue weighted by atomic mass is 9.75. The molecule has 3 rings (SSSR count). The lowest BCUT2D eigenvalue weighted by Crippen LogP contribution is -2.47. The predicted octanol–water partition coefficient (Wildman–Crippen LogP) is 5.29. The van der Waals surface area contributed by atoms with Gasteiger partial charge in [-0.2, -0.15) is 0 Å². The molecule has 1 aliphatic heterocycles. The molecular formula is C27H38N2O3S. The van der Waals surface area contributed by atoms with Gasteiger partial charge in [0.05, 0.1) is 28.2 Å². The summed E-state index contributed by atoms with van der Waals surface area (Å²) in [6, 6.07) is 7.76. The van der Waals surface area contributed by atoms with Gasteiger partial charge in [0.25, 0.3) is 0 Å². The first-order chi connectivity index (χ1) is 15.5. The van der Waals surface area contributed by atoms with Gasteiger partial charge in [-0.1, -0.05) is 58.9 Å². The fourth-order valence-corrected chi connectivity index (χ4v) is 5.51. The zero-order chi connectivity index (χ0) is 24.3. The molecule has 0 spiro atoms.